The predicted octanol–water partition coefficient (Wildman–Crippen LogP) is 3.09. The van der Waals surface area contributed by atoms with Crippen molar-refractivity contribution in [3.8, 4) is 11.5 Å². The number of carbonyl (C=O) groups excluding carboxylic acids is 1. The summed E-state index contributed by atoms with van der Waals surface area (Å²) >= 11 is 0. The number of hydrogen-bond acceptors (Lipinski definition) is 5. The van der Waals surface area contributed by atoms with E-state index in [1.54, 1.807) is 17.0 Å². The molecule has 152 valence electrons. The van der Waals surface area contributed by atoms with Crippen LogP contribution in [0.1, 0.15) is 31.9 Å². The minimum absolute atomic E-state index is 0.0605. The van der Waals surface area contributed by atoms with E-state index in [0.29, 0.717) is 25.5 Å². The molecule has 2 N–H and O–H groups in total. The van der Waals surface area contributed by atoms with E-state index in [9.17, 15) is 9.90 Å². The number of ether oxygens (including phenoxy) is 1. The maximum atomic E-state index is 13.1. The molecule has 0 saturated carbocycles. The van der Waals surface area contributed by atoms with E-state index in [-0.39, 0.29) is 11.7 Å². The summed E-state index contributed by atoms with van der Waals surface area (Å²) in [6.45, 7) is 6.65. The molecule has 3 rings (SSSR count). The number of nitrogens with one attached hydrogen (secondary N) is 1. The maximum Gasteiger partial charge on any atom is 0.252 e. The number of hydrogen-bond donors (Lipinski definition) is 2. The van der Waals surface area contributed by atoms with Crippen molar-refractivity contribution in [3.63, 3.8) is 0 Å². The molecule has 1 aliphatic rings. The molecule has 1 atom stereocenters. The Morgan fingerprint density at radius 3 is 2.38 bits per heavy atom. The van der Waals surface area contributed by atoms with Crippen LogP contribution in [-0.4, -0.2) is 40.2 Å². The summed E-state index contributed by atoms with van der Waals surface area (Å²) in [4.78, 5) is 14.7. The summed E-state index contributed by atoms with van der Waals surface area (Å²) < 4.78 is 5.48. The van der Waals surface area contributed by atoms with Crippen molar-refractivity contribution in [1.29, 1.82) is 0 Å². The summed E-state index contributed by atoms with van der Waals surface area (Å²) in [5, 5.41) is 21.0. The first kappa shape index (κ1) is 20.4. The SMILES string of the molecule is CCOc1ccc(CN2C(=O)C(Cc3ccc(O)cc3)N/C2=N/N=C(C)C)cc1. The molecule has 1 saturated heterocycles. The molecular weight excluding hydrogens is 368 g/mol. The molecule has 0 bridgehead atoms. The van der Waals surface area contributed by atoms with Gasteiger partial charge in [-0.2, -0.15) is 5.10 Å². The number of aromatic hydroxyl groups is 1. The highest BCUT2D eigenvalue weighted by Gasteiger charge is 2.36. The van der Waals surface area contributed by atoms with Gasteiger partial charge in [0.2, 0.25) is 5.96 Å². The zero-order valence-electron chi connectivity index (χ0n) is 16.9. The highest BCUT2D eigenvalue weighted by atomic mass is 16.5. The van der Waals surface area contributed by atoms with E-state index in [0.717, 1.165) is 22.6 Å². The highest BCUT2D eigenvalue weighted by molar-refractivity contribution is 6.06. The van der Waals surface area contributed by atoms with Gasteiger partial charge in [-0.1, -0.05) is 24.3 Å². The van der Waals surface area contributed by atoms with Crippen LogP contribution in [0.25, 0.3) is 0 Å². The van der Waals surface area contributed by atoms with Gasteiger partial charge in [-0.15, -0.1) is 5.10 Å². The molecule has 7 heteroatoms. The summed E-state index contributed by atoms with van der Waals surface area (Å²) in [5.41, 5.74) is 2.72. The van der Waals surface area contributed by atoms with Gasteiger partial charge in [0.25, 0.3) is 5.91 Å². The Kier molecular flexibility index (Phi) is 6.49. The number of nitrogens with zero attached hydrogens (tertiary/aromatic N) is 3. The first-order chi connectivity index (χ1) is 14.0. The van der Waals surface area contributed by atoms with E-state index in [1.807, 2.05) is 57.2 Å². The molecule has 0 aliphatic carbocycles. The number of rotatable bonds is 7. The fraction of sp³-hybridized carbons (Fsp3) is 0.318. The molecule has 1 fully saturated rings. The quantitative estimate of drug-likeness (QED) is 0.558. The fourth-order valence-corrected chi connectivity index (χ4v) is 3.02. The highest BCUT2D eigenvalue weighted by Crippen LogP contribution is 2.19. The van der Waals surface area contributed by atoms with Crippen LogP contribution < -0.4 is 10.1 Å². The van der Waals surface area contributed by atoms with E-state index in [2.05, 4.69) is 15.5 Å². The third-order valence-electron chi connectivity index (χ3n) is 4.42. The van der Waals surface area contributed by atoms with Crippen LogP contribution in [0.2, 0.25) is 0 Å². The molecule has 1 amide bonds. The van der Waals surface area contributed by atoms with Crippen molar-refractivity contribution in [1.82, 2.24) is 10.2 Å². The first-order valence-corrected chi connectivity index (χ1v) is 9.62. The standard InChI is InChI=1S/C22H26N4O3/c1-4-29-19-11-7-17(8-12-19)14-26-21(28)20(23-22(26)25-24-15(2)3)13-16-5-9-18(27)10-6-16/h5-12,20,27H,4,13-14H2,1-3H3,(H,23,25). The van der Waals surface area contributed by atoms with Crippen molar-refractivity contribution in [2.45, 2.75) is 39.8 Å². The lowest BCUT2D eigenvalue weighted by Crippen LogP contribution is -2.32. The molecule has 0 spiro atoms. The smallest absolute Gasteiger partial charge is 0.252 e. The monoisotopic (exact) mass is 394 g/mol. The molecule has 29 heavy (non-hydrogen) atoms. The Balaban J connectivity index is 1.79. The minimum Gasteiger partial charge on any atom is -0.508 e. The van der Waals surface area contributed by atoms with E-state index in [1.165, 1.54) is 0 Å². The average Bonchev–Trinajstić information content (AvgIpc) is 2.99. The Bertz CT molecular complexity index is 901. The maximum absolute atomic E-state index is 13.1. The van der Waals surface area contributed by atoms with Crippen LogP contribution in [0.3, 0.4) is 0 Å². The van der Waals surface area contributed by atoms with Crippen molar-refractivity contribution < 1.29 is 14.6 Å². The number of guanidine groups is 1. The Morgan fingerprint density at radius 1 is 1.10 bits per heavy atom. The molecule has 7 nitrogen and oxygen atoms in total. The van der Waals surface area contributed by atoms with Gasteiger partial charge in [-0.05, 0) is 56.2 Å². The van der Waals surface area contributed by atoms with Gasteiger partial charge in [0, 0.05) is 12.1 Å². The lowest BCUT2D eigenvalue weighted by atomic mass is 10.1. The van der Waals surface area contributed by atoms with Gasteiger partial charge < -0.3 is 15.2 Å². The largest absolute Gasteiger partial charge is 0.508 e. The third kappa shape index (κ3) is 5.34. The summed E-state index contributed by atoms with van der Waals surface area (Å²) in [7, 11) is 0. The molecule has 1 heterocycles. The second-order valence-electron chi connectivity index (χ2n) is 7.04. The van der Waals surface area contributed by atoms with Crippen LogP contribution in [-0.2, 0) is 17.8 Å². The van der Waals surface area contributed by atoms with Gasteiger partial charge in [0.15, 0.2) is 0 Å². The fourth-order valence-electron chi connectivity index (χ4n) is 3.02. The van der Waals surface area contributed by atoms with Gasteiger partial charge in [-0.3, -0.25) is 9.69 Å². The summed E-state index contributed by atoms with van der Waals surface area (Å²) in [6, 6.07) is 14.1. The molecule has 2 aromatic carbocycles. The normalized spacial score (nSPS) is 17.3. The molecule has 1 aliphatic heterocycles. The zero-order valence-corrected chi connectivity index (χ0v) is 16.9. The number of phenolic OH excluding ortho intramolecular Hbond substituents is 1. The van der Waals surface area contributed by atoms with Crippen molar-refractivity contribution >= 4 is 17.6 Å². The van der Waals surface area contributed by atoms with E-state index in [4.69, 9.17) is 4.74 Å². The minimum atomic E-state index is -0.437. The Morgan fingerprint density at radius 2 is 1.76 bits per heavy atom. The predicted molar refractivity (Wildman–Crippen MR) is 113 cm³/mol. The van der Waals surface area contributed by atoms with Gasteiger partial charge in [0.05, 0.1) is 13.2 Å². The van der Waals surface area contributed by atoms with Crippen LogP contribution >= 0.6 is 0 Å². The van der Waals surface area contributed by atoms with Crippen molar-refractivity contribution in [2.24, 2.45) is 10.2 Å². The number of phenols is 1. The Hall–Kier alpha value is -3.35. The van der Waals surface area contributed by atoms with Gasteiger partial charge in [-0.25, -0.2) is 0 Å². The number of benzene rings is 2. The molecule has 1 unspecified atom stereocenters. The number of carbonyl (C=O) groups is 1. The van der Waals surface area contributed by atoms with E-state index < -0.39 is 6.04 Å². The molecule has 0 aromatic heterocycles. The van der Waals surface area contributed by atoms with Crippen LogP contribution in [0, 0.1) is 0 Å². The number of amides is 1. The lowest BCUT2D eigenvalue weighted by Gasteiger charge is -2.15. The van der Waals surface area contributed by atoms with Crippen molar-refractivity contribution in [3.05, 3.63) is 59.7 Å². The third-order valence-corrected chi connectivity index (χ3v) is 4.42. The topological polar surface area (TPSA) is 86.5 Å². The van der Waals surface area contributed by atoms with Crippen LogP contribution in [0.5, 0.6) is 11.5 Å². The first-order valence-electron chi connectivity index (χ1n) is 9.62. The van der Waals surface area contributed by atoms with Crippen LogP contribution in [0.15, 0.2) is 58.7 Å². The second kappa shape index (κ2) is 9.23. The summed E-state index contributed by atoms with van der Waals surface area (Å²) in [6.07, 6.45) is 0.493. The second-order valence-corrected chi connectivity index (χ2v) is 7.04. The van der Waals surface area contributed by atoms with Gasteiger partial charge in [0.1, 0.15) is 17.5 Å². The van der Waals surface area contributed by atoms with Crippen LogP contribution in [0.4, 0.5) is 0 Å². The van der Waals surface area contributed by atoms with E-state index >= 15 is 0 Å². The molecule has 0 radical (unpaired) electrons. The molecular formula is C22H26N4O3. The zero-order chi connectivity index (χ0) is 20.8. The Labute approximate surface area is 170 Å². The average molecular weight is 394 g/mol. The summed E-state index contributed by atoms with van der Waals surface area (Å²) in [5.74, 6) is 1.38. The molecule has 2 aromatic rings. The van der Waals surface area contributed by atoms with Crippen molar-refractivity contribution in [2.75, 3.05) is 6.61 Å². The van der Waals surface area contributed by atoms with Gasteiger partial charge >= 0.3 is 0 Å². The lowest BCUT2D eigenvalue weighted by molar-refractivity contribution is -0.127.